The van der Waals surface area contributed by atoms with Crippen molar-refractivity contribution in [1.29, 1.82) is 0 Å². The molecule has 2 rings (SSSR count). The maximum Gasteiger partial charge on any atom is 0.329 e. The molecule has 6 nitrogen and oxygen atoms in total. The Labute approximate surface area is 120 Å². The maximum atomic E-state index is 12.2. The Bertz CT molecular complexity index is 638. The van der Waals surface area contributed by atoms with E-state index >= 15 is 0 Å². The Morgan fingerprint density at radius 3 is 2.70 bits per heavy atom. The molecule has 1 aliphatic rings. The fourth-order valence-corrected chi connectivity index (χ4v) is 2.49. The van der Waals surface area contributed by atoms with Crippen molar-refractivity contribution in [3.05, 3.63) is 23.8 Å². The average molecular weight is 293 g/mol. The zero-order valence-electron chi connectivity index (χ0n) is 11.2. The number of benzene rings is 1. The van der Waals surface area contributed by atoms with E-state index in [1.54, 1.807) is 18.2 Å². The molecule has 106 valence electrons. The normalized spacial score (nSPS) is 15.1. The second kappa shape index (κ2) is 5.54. The predicted octanol–water partition coefficient (Wildman–Crippen LogP) is 2.79. The lowest BCUT2D eigenvalue weighted by molar-refractivity contribution is -0.144. The molecule has 0 fully saturated rings. The molecule has 20 heavy (non-hydrogen) atoms. The fourth-order valence-electron chi connectivity index (χ4n) is 1.97. The van der Waals surface area contributed by atoms with Gasteiger partial charge in [0.15, 0.2) is 0 Å². The van der Waals surface area contributed by atoms with E-state index in [2.05, 4.69) is 14.0 Å². The number of hydrogen-bond acceptors (Lipinski definition) is 4. The largest absolute Gasteiger partial charge is 0.480 e. The van der Waals surface area contributed by atoms with Crippen LogP contribution in [-0.4, -0.2) is 22.5 Å². The first-order chi connectivity index (χ1) is 9.46. The molecule has 0 radical (unpaired) electrons. The van der Waals surface area contributed by atoms with Crippen LogP contribution in [0.3, 0.4) is 0 Å². The summed E-state index contributed by atoms with van der Waals surface area (Å²) >= 11 is 1.07. The topological polar surface area (TPSA) is 91.1 Å². The number of aliphatic carboxylic acids is 1. The van der Waals surface area contributed by atoms with Crippen molar-refractivity contribution < 1.29 is 14.7 Å². The number of nitrogens with zero attached hydrogens (tertiary/aromatic N) is 2. The molecule has 1 unspecified atom stereocenters. The molecule has 1 atom stereocenters. The summed E-state index contributed by atoms with van der Waals surface area (Å²) in [7, 11) is 0. The lowest BCUT2D eigenvalue weighted by Gasteiger charge is -2.25. The summed E-state index contributed by atoms with van der Waals surface area (Å²) in [6, 6.07) is 4.93. The van der Waals surface area contributed by atoms with Gasteiger partial charge in [-0.25, -0.2) is 4.79 Å². The number of rotatable bonds is 5. The quantitative estimate of drug-likeness (QED) is 0.888. The predicted molar refractivity (Wildman–Crippen MR) is 76.4 cm³/mol. The van der Waals surface area contributed by atoms with Crippen LogP contribution in [-0.2, 0) is 16.1 Å². The summed E-state index contributed by atoms with van der Waals surface area (Å²) in [6.45, 7) is 3.39. The Kier molecular flexibility index (Phi) is 3.99. The molecule has 0 saturated heterocycles. The third kappa shape index (κ3) is 2.77. The van der Waals surface area contributed by atoms with Crippen LogP contribution in [0.2, 0.25) is 0 Å². The molecule has 1 heterocycles. The number of nitrogens with one attached hydrogen (secondary N) is 1. The number of carboxylic acid groups (broad SMARTS) is 1. The van der Waals surface area contributed by atoms with Crippen molar-refractivity contribution in [1.82, 2.24) is 5.32 Å². The fraction of sp³-hybridized carbons (Fsp3) is 0.385. The summed E-state index contributed by atoms with van der Waals surface area (Å²) in [6.07, 6.45) is 1.03. The van der Waals surface area contributed by atoms with E-state index in [0.717, 1.165) is 17.0 Å². The SMILES string of the molecule is CCCC(C)(NC(=O)c1ccc2c(c1)N=S=N2)C(=O)O. The highest BCUT2D eigenvalue weighted by Gasteiger charge is 2.34. The number of carbonyl (C=O) groups is 2. The minimum atomic E-state index is -1.26. The van der Waals surface area contributed by atoms with Crippen LogP contribution in [0.4, 0.5) is 11.4 Å². The first kappa shape index (κ1) is 14.4. The first-order valence-corrected chi connectivity index (χ1v) is 6.97. The van der Waals surface area contributed by atoms with Crippen molar-refractivity contribution in [3.8, 4) is 0 Å². The number of carboxylic acids is 1. The average Bonchev–Trinajstić information content (AvgIpc) is 2.85. The number of fused-ring (bicyclic) bond motifs is 1. The van der Waals surface area contributed by atoms with Crippen molar-refractivity contribution in [2.75, 3.05) is 0 Å². The molecule has 0 aromatic heterocycles. The van der Waals surface area contributed by atoms with Crippen molar-refractivity contribution >= 4 is 34.6 Å². The van der Waals surface area contributed by atoms with Gasteiger partial charge in [0.2, 0.25) is 0 Å². The Morgan fingerprint density at radius 1 is 1.35 bits per heavy atom. The van der Waals surface area contributed by atoms with E-state index in [1.165, 1.54) is 6.92 Å². The lowest BCUT2D eigenvalue weighted by atomic mass is 9.95. The number of amides is 1. The van der Waals surface area contributed by atoms with Crippen molar-refractivity contribution in [2.45, 2.75) is 32.2 Å². The number of hydrogen-bond donors (Lipinski definition) is 2. The summed E-state index contributed by atoms with van der Waals surface area (Å²) in [5.41, 5.74) is 0.478. The smallest absolute Gasteiger partial charge is 0.329 e. The highest BCUT2D eigenvalue weighted by atomic mass is 32.1. The third-order valence-electron chi connectivity index (χ3n) is 3.13. The van der Waals surface area contributed by atoms with Crippen LogP contribution < -0.4 is 5.32 Å². The van der Waals surface area contributed by atoms with Gasteiger partial charge >= 0.3 is 5.97 Å². The Balaban J connectivity index is 2.19. The molecule has 0 bridgehead atoms. The van der Waals surface area contributed by atoms with E-state index in [9.17, 15) is 14.7 Å². The van der Waals surface area contributed by atoms with Crippen LogP contribution >= 0.6 is 0 Å². The van der Waals surface area contributed by atoms with Gasteiger partial charge in [-0.15, -0.1) is 0 Å². The number of carbonyl (C=O) groups excluding carboxylic acids is 1. The van der Waals surface area contributed by atoms with Gasteiger partial charge in [0.25, 0.3) is 5.91 Å². The van der Waals surface area contributed by atoms with Gasteiger partial charge in [-0.2, -0.15) is 8.73 Å². The summed E-state index contributed by atoms with van der Waals surface area (Å²) in [5.74, 6) is -1.46. The molecule has 7 heteroatoms. The highest BCUT2D eigenvalue weighted by molar-refractivity contribution is 7.58. The molecule has 1 aliphatic heterocycles. The van der Waals surface area contributed by atoms with E-state index in [-0.39, 0.29) is 0 Å². The van der Waals surface area contributed by atoms with Crippen LogP contribution in [0.15, 0.2) is 26.9 Å². The Hall–Kier alpha value is -2.02. The summed E-state index contributed by atoms with van der Waals surface area (Å²) in [4.78, 5) is 23.5. The van der Waals surface area contributed by atoms with Crippen molar-refractivity contribution in [2.24, 2.45) is 8.73 Å². The van der Waals surface area contributed by atoms with E-state index < -0.39 is 17.4 Å². The third-order valence-corrected chi connectivity index (χ3v) is 3.68. The van der Waals surface area contributed by atoms with Crippen LogP contribution in [0.1, 0.15) is 37.0 Å². The molecule has 2 N–H and O–H groups in total. The minimum Gasteiger partial charge on any atom is -0.480 e. The highest BCUT2D eigenvalue weighted by Crippen LogP contribution is 2.32. The first-order valence-electron chi connectivity index (χ1n) is 6.24. The zero-order chi connectivity index (χ0) is 14.8. The molecule has 1 aromatic rings. The van der Waals surface area contributed by atoms with Gasteiger partial charge in [-0.1, -0.05) is 13.3 Å². The molecular weight excluding hydrogens is 278 g/mol. The minimum absolute atomic E-state index is 0.370. The summed E-state index contributed by atoms with van der Waals surface area (Å²) < 4.78 is 8.12. The van der Waals surface area contributed by atoms with Gasteiger partial charge in [0.1, 0.15) is 16.9 Å². The van der Waals surface area contributed by atoms with E-state index in [0.29, 0.717) is 24.1 Å². The molecule has 0 saturated carbocycles. The van der Waals surface area contributed by atoms with Crippen LogP contribution in [0.5, 0.6) is 0 Å². The van der Waals surface area contributed by atoms with E-state index in [4.69, 9.17) is 0 Å². The standard InChI is InChI=1S/C13H15N3O3S/c1-3-6-13(2,12(18)19)14-11(17)8-4-5-9-10(7-8)16-20-15-9/h4-5,7H,3,6H2,1-2H3,(H,14,17)(H,18,19). The van der Waals surface area contributed by atoms with E-state index in [1.807, 2.05) is 6.92 Å². The monoisotopic (exact) mass is 293 g/mol. The van der Waals surface area contributed by atoms with Gasteiger partial charge in [-0.3, -0.25) is 4.79 Å². The van der Waals surface area contributed by atoms with Crippen LogP contribution in [0.25, 0.3) is 0 Å². The van der Waals surface area contributed by atoms with Crippen molar-refractivity contribution in [3.63, 3.8) is 0 Å². The molecule has 0 aliphatic carbocycles. The molecule has 1 aromatic carbocycles. The van der Waals surface area contributed by atoms with Gasteiger partial charge in [0.05, 0.1) is 11.4 Å². The molecule has 0 spiro atoms. The van der Waals surface area contributed by atoms with Gasteiger partial charge < -0.3 is 10.4 Å². The summed E-state index contributed by atoms with van der Waals surface area (Å²) in [5, 5.41) is 11.8. The van der Waals surface area contributed by atoms with Gasteiger partial charge in [-0.05, 0) is 31.5 Å². The maximum absolute atomic E-state index is 12.2. The lowest BCUT2D eigenvalue weighted by Crippen LogP contribution is -2.52. The van der Waals surface area contributed by atoms with Gasteiger partial charge in [0, 0.05) is 5.56 Å². The second-order valence-corrected chi connectivity index (χ2v) is 5.34. The Morgan fingerprint density at radius 2 is 2.05 bits per heavy atom. The zero-order valence-corrected chi connectivity index (χ0v) is 12.0. The second-order valence-electron chi connectivity index (χ2n) is 4.81. The molecule has 1 amide bonds. The molecular formula is C13H15N3O3S. The van der Waals surface area contributed by atoms with Crippen LogP contribution in [0, 0.1) is 0 Å².